The van der Waals surface area contributed by atoms with Gasteiger partial charge in [0.1, 0.15) is 0 Å². The summed E-state index contributed by atoms with van der Waals surface area (Å²) in [6.07, 6.45) is 0. The lowest BCUT2D eigenvalue weighted by Crippen LogP contribution is -2.41. The van der Waals surface area contributed by atoms with E-state index in [1.807, 2.05) is 26.0 Å². The van der Waals surface area contributed by atoms with Crippen LogP contribution >= 0.6 is 0 Å². The molecule has 6 nitrogen and oxygen atoms in total. The van der Waals surface area contributed by atoms with Gasteiger partial charge in [0.25, 0.3) is 15.9 Å². The number of nitrogens with one attached hydrogen (secondary N) is 2. The first-order chi connectivity index (χ1) is 12.8. The van der Waals surface area contributed by atoms with Gasteiger partial charge in [0.2, 0.25) is 0 Å². The molecule has 0 aliphatic heterocycles. The van der Waals surface area contributed by atoms with Crippen LogP contribution in [0.2, 0.25) is 0 Å². The first kappa shape index (κ1) is 20.9. The van der Waals surface area contributed by atoms with Gasteiger partial charge in [-0.15, -0.1) is 4.83 Å². The van der Waals surface area contributed by atoms with Crippen LogP contribution in [0.3, 0.4) is 0 Å². The maximum absolute atomic E-state index is 12.3. The van der Waals surface area contributed by atoms with Gasteiger partial charge in [0.15, 0.2) is 0 Å². The average Bonchev–Trinajstić information content (AvgIpc) is 2.67. The standard InChI is InChI=1S/C20H27N3O3S/c1-5-23(6-2)18-11-7-17(8-12-18)20(24)21-22-27(25,26)19-13-9-16(10-14-19)15(3)4/h7-15,22H,5-6H2,1-4H3,(H,21,24). The van der Waals surface area contributed by atoms with E-state index >= 15 is 0 Å². The molecule has 7 heteroatoms. The Hall–Kier alpha value is -2.38. The molecule has 0 radical (unpaired) electrons. The van der Waals surface area contributed by atoms with Crippen molar-refractivity contribution in [2.75, 3.05) is 18.0 Å². The number of hydrazine groups is 1. The summed E-state index contributed by atoms with van der Waals surface area (Å²) in [4.78, 5) is 16.6. The highest BCUT2D eigenvalue weighted by molar-refractivity contribution is 7.89. The third kappa shape index (κ3) is 5.30. The van der Waals surface area contributed by atoms with Crippen molar-refractivity contribution >= 4 is 21.6 Å². The van der Waals surface area contributed by atoms with Crippen molar-refractivity contribution in [2.24, 2.45) is 0 Å². The first-order valence-electron chi connectivity index (χ1n) is 9.05. The topological polar surface area (TPSA) is 78.5 Å². The van der Waals surface area contributed by atoms with Gasteiger partial charge in [-0.3, -0.25) is 10.2 Å². The Balaban J connectivity index is 2.03. The van der Waals surface area contributed by atoms with Crippen LogP contribution in [0.25, 0.3) is 0 Å². The molecule has 0 bridgehead atoms. The van der Waals surface area contributed by atoms with Gasteiger partial charge >= 0.3 is 0 Å². The Kier molecular flexibility index (Phi) is 6.98. The number of hydrogen-bond donors (Lipinski definition) is 2. The summed E-state index contributed by atoms with van der Waals surface area (Å²) in [6, 6.07) is 13.6. The number of hydrogen-bond acceptors (Lipinski definition) is 4. The minimum absolute atomic E-state index is 0.101. The summed E-state index contributed by atoms with van der Waals surface area (Å²) >= 11 is 0. The van der Waals surface area contributed by atoms with E-state index in [-0.39, 0.29) is 4.90 Å². The average molecular weight is 390 g/mol. The van der Waals surface area contributed by atoms with Crippen LogP contribution in [-0.4, -0.2) is 27.4 Å². The Morgan fingerprint density at radius 2 is 1.52 bits per heavy atom. The van der Waals surface area contributed by atoms with Crippen molar-refractivity contribution in [3.8, 4) is 0 Å². The van der Waals surface area contributed by atoms with E-state index in [2.05, 4.69) is 29.0 Å². The summed E-state index contributed by atoms with van der Waals surface area (Å²) in [5, 5.41) is 0. The van der Waals surface area contributed by atoms with Crippen LogP contribution < -0.4 is 15.2 Å². The fraction of sp³-hybridized carbons (Fsp3) is 0.350. The smallest absolute Gasteiger partial charge is 0.266 e. The second kappa shape index (κ2) is 9.01. The molecule has 2 N–H and O–H groups in total. The number of sulfonamides is 1. The maximum Gasteiger partial charge on any atom is 0.266 e. The Morgan fingerprint density at radius 1 is 0.963 bits per heavy atom. The van der Waals surface area contributed by atoms with Crippen LogP contribution in [0.1, 0.15) is 49.5 Å². The molecule has 2 aromatic carbocycles. The van der Waals surface area contributed by atoms with Crippen molar-refractivity contribution in [1.82, 2.24) is 10.3 Å². The van der Waals surface area contributed by atoms with Crippen molar-refractivity contribution in [3.05, 3.63) is 59.7 Å². The zero-order valence-corrected chi connectivity index (χ0v) is 17.0. The van der Waals surface area contributed by atoms with Crippen LogP contribution in [0.5, 0.6) is 0 Å². The summed E-state index contributed by atoms with van der Waals surface area (Å²) < 4.78 is 24.7. The lowest BCUT2D eigenvalue weighted by Gasteiger charge is -2.21. The molecule has 0 fully saturated rings. The van der Waals surface area contributed by atoms with Gasteiger partial charge in [-0.05, 0) is 61.7 Å². The number of anilines is 1. The molecular formula is C20H27N3O3S. The summed E-state index contributed by atoms with van der Waals surface area (Å²) in [5.74, 6) is -0.197. The lowest BCUT2D eigenvalue weighted by atomic mass is 10.0. The predicted octanol–water partition coefficient (Wildman–Crippen LogP) is 3.28. The highest BCUT2D eigenvalue weighted by Gasteiger charge is 2.16. The normalized spacial score (nSPS) is 11.4. The molecule has 0 saturated carbocycles. The van der Waals surface area contributed by atoms with Gasteiger partial charge in [0, 0.05) is 24.3 Å². The van der Waals surface area contributed by atoms with Crippen LogP contribution in [0.4, 0.5) is 5.69 Å². The summed E-state index contributed by atoms with van der Waals surface area (Å²) in [5.41, 5.74) is 4.70. The lowest BCUT2D eigenvalue weighted by molar-refractivity contribution is 0.0945. The highest BCUT2D eigenvalue weighted by Crippen LogP contribution is 2.17. The zero-order chi connectivity index (χ0) is 20.0. The van der Waals surface area contributed by atoms with Crippen molar-refractivity contribution in [3.63, 3.8) is 0 Å². The molecule has 27 heavy (non-hydrogen) atoms. The third-order valence-electron chi connectivity index (χ3n) is 4.41. The molecule has 0 heterocycles. The van der Waals surface area contributed by atoms with Crippen molar-refractivity contribution < 1.29 is 13.2 Å². The van der Waals surface area contributed by atoms with E-state index in [0.717, 1.165) is 24.3 Å². The quantitative estimate of drug-likeness (QED) is 0.679. The molecule has 0 aliphatic carbocycles. The Labute approximate surface area is 161 Å². The zero-order valence-electron chi connectivity index (χ0n) is 16.2. The SMILES string of the molecule is CCN(CC)c1ccc(C(=O)NNS(=O)(=O)c2ccc(C(C)C)cc2)cc1. The molecule has 0 saturated heterocycles. The molecule has 1 amide bonds. The third-order valence-corrected chi connectivity index (χ3v) is 5.68. The number of rotatable bonds is 8. The number of carbonyl (C=O) groups is 1. The van der Waals surface area contributed by atoms with E-state index in [1.54, 1.807) is 24.3 Å². The van der Waals surface area contributed by atoms with Gasteiger partial charge in [0.05, 0.1) is 4.90 Å². The molecule has 0 aromatic heterocycles. The van der Waals surface area contributed by atoms with Crippen LogP contribution in [0.15, 0.2) is 53.4 Å². The Morgan fingerprint density at radius 3 is 2.00 bits per heavy atom. The highest BCUT2D eigenvalue weighted by atomic mass is 32.2. The fourth-order valence-electron chi connectivity index (χ4n) is 2.69. The number of amides is 1. The second-order valence-electron chi connectivity index (χ2n) is 6.50. The molecule has 2 aromatic rings. The van der Waals surface area contributed by atoms with E-state index in [4.69, 9.17) is 0 Å². The minimum atomic E-state index is -3.83. The molecule has 0 atom stereocenters. The first-order valence-corrected chi connectivity index (χ1v) is 10.5. The monoisotopic (exact) mass is 389 g/mol. The van der Waals surface area contributed by atoms with E-state index in [1.165, 1.54) is 12.1 Å². The summed E-state index contributed by atoms with van der Waals surface area (Å²) in [6.45, 7) is 9.94. The summed E-state index contributed by atoms with van der Waals surface area (Å²) in [7, 11) is -3.83. The van der Waals surface area contributed by atoms with Gasteiger partial charge in [-0.2, -0.15) is 0 Å². The van der Waals surface area contributed by atoms with Crippen LogP contribution in [-0.2, 0) is 10.0 Å². The maximum atomic E-state index is 12.3. The van der Waals surface area contributed by atoms with Gasteiger partial charge < -0.3 is 4.90 Å². The van der Waals surface area contributed by atoms with E-state index in [0.29, 0.717) is 11.5 Å². The number of nitrogens with zero attached hydrogens (tertiary/aromatic N) is 1. The van der Waals surface area contributed by atoms with Crippen molar-refractivity contribution in [1.29, 1.82) is 0 Å². The molecule has 146 valence electrons. The van der Waals surface area contributed by atoms with E-state index in [9.17, 15) is 13.2 Å². The molecule has 0 aliphatic rings. The van der Waals surface area contributed by atoms with Gasteiger partial charge in [-0.1, -0.05) is 26.0 Å². The predicted molar refractivity (Wildman–Crippen MR) is 108 cm³/mol. The molecule has 2 rings (SSSR count). The Bertz CT molecular complexity index is 856. The van der Waals surface area contributed by atoms with Gasteiger partial charge in [-0.25, -0.2) is 8.42 Å². The molecular weight excluding hydrogens is 362 g/mol. The molecule has 0 spiro atoms. The fourth-order valence-corrected chi connectivity index (χ4v) is 3.53. The number of benzene rings is 2. The number of carbonyl (C=O) groups excluding carboxylic acids is 1. The molecule has 0 unspecified atom stereocenters. The van der Waals surface area contributed by atoms with E-state index < -0.39 is 15.9 Å². The minimum Gasteiger partial charge on any atom is -0.372 e. The largest absolute Gasteiger partial charge is 0.372 e. The van der Waals surface area contributed by atoms with Crippen molar-refractivity contribution in [2.45, 2.75) is 38.5 Å². The van der Waals surface area contributed by atoms with Crippen LogP contribution in [0, 0.1) is 0 Å². The second-order valence-corrected chi connectivity index (χ2v) is 8.18.